The van der Waals surface area contributed by atoms with Gasteiger partial charge in [-0.3, -0.25) is 10.1 Å². The Hall–Kier alpha value is -1.30. The summed E-state index contributed by atoms with van der Waals surface area (Å²) >= 11 is 13.3. The average molecular weight is 317 g/mol. The van der Waals surface area contributed by atoms with E-state index >= 15 is 0 Å². The summed E-state index contributed by atoms with van der Waals surface area (Å²) in [5, 5.41) is 16.5. The van der Waals surface area contributed by atoms with E-state index in [0.29, 0.717) is 12.2 Å². The average Bonchev–Trinajstić information content (AvgIpc) is 2.75. The molecule has 0 bridgehead atoms. The Labute approximate surface area is 124 Å². The molecule has 2 rings (SSSR count). The molecule has 2 aromatic rings. The zero-order chi connectivity index (χ0) is 14.0. The van der Waals surface area contributed by atoms with Gasteiger partial charge < -0.3 is 5.32 Å². The fourth-order valence-corrected chi connectivity index (χ4v) is 2.76. The molecule has 4 nitrogen and oxygen atoms in total. The standard InChI is InChI=1S/C12H10Cl2N2O2S/c1-7-2-3-19-12(7)6-15-10-4-8(13)9(14)5-11(10)16(17)18/h2-5,15H,6H2,1H3. The van der Waals surface area contributed by atoms with Crippen molar-refractivity contribution in [1.82, 2.24) is 0 Å². The Kier molecular flexibility index (Phi) is 4.29. The van der Waals surface area contributed by atoms with Crippen LogP contribution in [0.1, 0.15) is 10.4 Å². The second-order valence-electron chi connectivity index (χ2n) is 3.92. The highest BCUT2D eigenvalue weighted by molar-refractivity contribution is 7.10. The van der Waals surface area contributed by atoms with E-state index in [4.69, 9.17) is 23.2 Å². The molecule has 1 aromatic heterocycles. The third-order valence-corrected chi connectivity index (χ3v) is 4.39. The minimum absolute atomic E-state index is 0.0800. The first-order valence-corrected chi connectivity index (χ1v) is 7.03. The number of hydrogen-bond donors (Lipinski definition) is 1. The predicted octanol–water partition coefficient (Wildman–Crippen LogP) is 4.88. The Balaban J connectivity index is 2.26. The van der Waals surface area contributed by atoms with Crippen LogP contribution in [-0.2, 0) is 6.54 Å². The van der Waals surface area contributed by atoms with Crippen LogP contribution in [0.2, 0.25) is 10.0 Å². The molecule has 7 heteroatoms. The lowest BCUT2D eigenvalue weighted by Crippen LogP contribution is -2.02. The van der Waals surface area contributed by atoms with Crippen molar-refractivity contribution < 1.29 is 4.92 Å². The summed E-state index contributed by atoms with van der Waals surface area (Å²) < 4.78 is 0. The Morgan fingerprint density at radius 1 is 1.37 bits per heavy atom. The second kappa shape index (κ2) is 5.77. The van der Waals surface area contributed by atoms with Gasteiger partial charge in [0.1, 0.15) is 5.69 Å². The van der Waals surface area contributed by atoms with E-state index in [-0.39, 0.29) is 15.7 Å². The number of anilines is 1. The molecule has 0 atom stereocenters. The predicted molar refractivity (Wildman–Crippen MR) is 79.5 cm³/mol. The summed E-state index contributed by atoms with van der Waals surface area (Å²) in [6.07, 6.45) is 0. The topological polar surface area (TPSA) is 55.2 Å². The van der Waals surface area contributed by atoms with Crippen molar-refractivity contribution in [3.8, 4) is 0 Å². The Morgan fingerprint density at radius 3 is 2.63 bits per heavy atom. The monoisotopic (exact) mass is 316 g/mol. The van der Waals surface area contributed by atoms with Crippen LogP contribution < -0.4 is 5.32 Å². The molecule has 0 aliphatic carbocycles. The lowest BCUT2D eigenvalue weighted by Gasteiger charge is -2.08. The van der Waals surface area contributed by atoms with E-state index in [1.807, 2.05) is 18.4 Å². The summed E-state index contributed by atoms with van der Waals surface area (Å²) in [7, 11) is 0. The Bertz CT molecular complexity index is 628. The molecule has 0 unspecified atom stereocenters. The van der Waals surface area contributed by atoms with Crippen molar-refractivity contribution >= 4 is 45.9 Å². The maximum absolute atomic E-state index is 11.0. The number of nitro groups is 1. The second-order valence-corrected chi connectivity index (χ2v) is 5.74. The number of aryl methyl sites for hydroxylation is 1. The van der Waals surface area contributed by atoms with Crippen LogP contribution in [0.5, 0.6) is 0 Å². The molecule has 1 N–H and O–H groups in total. The number of nitro benzene ring substituents is 1. The summed E-state index contributed by atoms with van der Waals surface area (Å²) in [4.78, 5) is 11.6. The van der Waals surface area contributed by atoms with E-state index in [2.05, 4.69) is 5.32 Å². The molecule has 1 aromatic carbocycles. The SMILES string of the molecule is Cc1ccsc1CNc1cc(Cl)c(Cl)cc1[N+](=O)[O-]. The molecule has 0 aliphatic rings. The van der Waals surface area contributed by atoms with Gasteiger partial charge in [-0.15, -0.1) is 11.3 Å². The molecule has 19 heavy (non-hydrogen) atoms. The summed E-state index contributed by atoms with van der Waals surface area (Å²) in [6.45, 7) is 2.51. The van der Waals surface area contributed by atoms with Crippen LogP contribution in [-0.4, -0.2) is 4.92 Å². The molecule has 100 valence electrons. The normalized spacial score (nSPS) is 10.5. The van der Waals surface area contributed by atoms with Gasteiger partial charge in [-0.05, 0) is 30.0 Å². The van der Waals surface area contributed by atoms with Crippen molar-refractivity contribution in [3.63, 3.8) is 0 Å². The zero-order valence-corrected chi connectivity index (χ0v) is 12.3. The lowest BCUT2D eigenvalue weighted by atomic mass is 10.2. The first kappa shape index (κ1) is 14.1. The number of rotatable bonds is 4. The third kappa shape index (κ3) is 3.18. The maximum atomic E-state index is 11.0. The molecule has 1 heterocycles. The lowest BCUT2D eigenvalue weighted by molar-refractivity contribution is -0.383. The first-order chi connectivity index (χ1) is 8.99. The summed E-state index contributed by atoms with van der Waals surface area (Å²) in [6, 6.07) is 4.74. The molecular weight excluding hydrogens is 307 g/mol. The van der Waals surface area contributed by atoms with Gasteiger partial charge in [0.2, 0.25) is 0 Å². The smallest absolute Gasteiger partial charge is 0.293 e. The maximum Gasteiger partial charge on any atom is 0.293 e. The van der Waals surface area contributed by atoms with Crippen molar-refractivity contribution in [2.75, 3.05) is 5.32 Å². The van der Waals surface area contributed by atoms with Gasteiger partial charge in [0.25, 0.3) is 5.69 Å². The van der Waals surface area contributed by atoms with Gasteiger partial charge in [0.05, 0.1) is 15.0 Å². The van der Waals surface area contributed by atoms with Gasteiger partial charge in [-0.2, -0.15) is 0 Å². The van der Waals surface area contributed by atoms with Crippen molar-refractivity contribution in [2.45, 2.75) is 13.5 Å². The fourth-order valence-electron chi connectivity index (χ4n) is 1.59. The van der Waals surface area contributed by atoms with Crippen LogP contribution in [0.25, 0.3) is 0 Å². The highest BCUT2D eigenvalue weighted by Gasteiger charge is 2.17. The quantitative estimate of drug-likeness (QED) is 0.645. The van der Waals surface area contributed by atoms with Crippen LogP contribution in [0.3, 0.4) is 0 Å². The molecule has 0 fully saturated rings. The van der Waals surface area contributed by atoms with Crippen molar-refractivity contribution in [1.29, 1.82) is 0 Å². The minimum Gasteiger partial charge on any atom is -0.375 e. The number of hydrogen-bond acceptors (Lipinski definition) is 4. The molecular formula is C12H10Cl2N2O2S. The van der Waals surface area contributed by atoms with Gasteiger partial charge >= 0.3 is 0 Å². The fraction of sp³-hybridized carbons (Fsp3) is 0.167. The van der Waals surface area contributed by atoms with E-state index in [1.165, 1.54) is 12.1 Å². The molecule has 0 radical (unpaired) electrons. The van der Waals surface area contributed by atoms with E-state index < -0.39 is 4.92 Å². The molecule has 0 saturated heterocycles. The Morgan fingerprint density at radius 2 is 2.05 bits per heavy atom. The number of thiophene rings is 1. The molecule has 0 saturated carbocycles. The third-order valence-electron chi connectivity index (χ3n) is 2.64. The zero-order valence-electron chi connectivity index (χ0n) is 9.94. The molecule has 0 aliphatic heterocycles. The van der Waals surface area contributed by atoms with E-state index in [0.717, 1.165) is 10.4 Å². The van der Waals surface area contributed by atoms with Gasteiger partial charge in [-0.25, -0.2) is 0 Å². The van der Waals surface area contributed by atoms with Gasteiger partial charge in [0.15, 0.2) is 0 Å². The van der Waals surface area contributed by atoms with Crippen molar-refractivity contribution in [3.05, 3.63) is 54.2 Å². The first-order valence-electron chi connectivity index (χ1n) is 5.39. The minimum atomic E-state index is -0.480. The van der Waals surface area contributed by atoms with Crippen molar-refractivity contribution in [2.24, 2.45) is 0 Å². The van der Waals surface area contributed by atoms with Crippen LogP contribution in [0.15, 0.2) is 23.6 Å². The molecule has 0 amide bonds. The largest absolute Gasteiger partial charge is 0.375 e. The van der Waals surface area contributed by atoms with Crippen LogP contribution in [0.4, 0.5) is 11.4 Å². The van der Waals surface area contributed by atoms with Gasteiger partial charge in [-0.1, -0.05) is 23.2 Å². The molecule has 0 spiro atoms. The highest BCUT2D eigenvalue weighted by atomic mass is 35.5. The number of benzene rings is 1. The van der Waals surface area contributed by atoms with Crippen LogP contribution in [0, 0.1) is 17.0 Å². The van der Waals surface area contributed by atoms with Crippen LogP contribution >= 0.6 is 34.5 Å². The number of nitrogens with one attached hydrogen (secondary N) is 1. The number of nitrogens with zero attached hydrogens (tertiary/aromatic N) is 1. The van der Waals surface area contributed by atoms with E-state index in [9.17, 15) is 10.1 Å². The highest BCUT2D eigenvalue weighted by Crippen LogP contribution is 2.34. The van der Waals surface area contributed by atoms with Gasteiger partial charge in [0, 0.05) is 17.5 Å². The van der Waals surface area contributed by atoms with E-state index in [1.54, 1.807) is 11.3 Å². The number of halogens is 2. The summed E-state index contributed by atoms with van der Waals surface area (Å²) in [5.74, 6) is 0. The summed E-state index contributed by atoms with van der Waals surface area (Å²) in [5.41, 5.74) is 1.44.